The van der Waals surface area contributed by atoms with Crippen molar-refractivity contribution in [2.45, 2.75) is 96.8 Å². The molecule has 6 heterocycles. The molecule has 20 heteroatoms. The number of pyridine rings is 1. The van der Waals surface area contributed by atoms with E-state index in [2.05, 4.69) is 35.7 Å². The first-order valence-electron chi connectivity index (χ1n) is 24.3. The lowest BCUT2D eigenvalue weighted by molar-refractivity contribution is -0.144. The van der Waals surface area contributed by atoms with E-state index in [1.807, 2.05) is 57.5 Å². The normalized spacial score (nSPS) is 17.9. The fourth-order valence-electron chi connectivity index (χ4n) is 10.3. The Balaban J connectivity index is 0.842. The summed E-state index contributed by atoms with van der Waals surface area (Å²) in [4.78, 5) is 81.8. The number of aromatic nitrogens is 3. The van der Waals surface area contributed by atoms with Gasteiger partial charge in [0.15, 0.2) is 9.84 Å². The number of thiazole rings is 1. The summed E-state index contributed by atoms with van der Waals surface area (Å²) < 4.78 is 27.2. The summed E-state index contributed by atoms with van der Waals surface area (Å²) in [6, 6.07) is 7.72. The molecule has 3 aromatic heterocycles. The SMILES string of the molecule is Cc1ncsc1-c1ccc(CNC(=O)[C@@H]2C[C@@H](O)CN2C(=O)[C@@H](NC(=O)CN2CCN(CCCCCc3c(CS(C)(=O)=O)c(C(N)=O)cc4c3-c3cn(C)c(=O)c5[nH]cc(c35)CN4)CC2)C(C)(C)C)cc1. The molecule has 5 aromatic rings. The van der Waals surface area contributed by atoms with Gasteiger partial charge in [0.25, 0.3) is 5.56 Å². The number of piperazine rings is 1. The Kier molecular flexibility index (Phi) is 15.2. The molecule has 18 nitrogen and oxygen atoms in total. The van der Waals surface area contributed by atoms with Gasteiger partial charge < -0.3 is 46.1 Å². The molecule has 0 radical (unpaired) electrons. The number of rotatable bonds is 17. The second-order valence-electron chi connectivity index (χ2n) is 20.5. The lowest BCUT2D eigenvalue weighted by Crippen LogP contribution is -2.59. The van der Waals surface area contributed by atoms with Crippen LogP contribution in [0.5, 0.6) is 0 Å². The van der Waals surface area contributed by atoms with Gasteiger partial charge in [-0.2, -0.15) is 0 Å². The van der Waals surface area contributed by atoms with Crippen LogP contribution < -0.4 is 27.2 Å². The van der Waals surface area contributed by atoms with E-state index in [1.54, 1.807) is 36.8 Å². The average Bonchev–Trinajstić information content (AvgIpc) is 4.03. The molecule has 3 atom stereocenters. The Morgan fingerprint density at radius 2 is 1.75 bits per heavy atom. The highest BCUT2D eigenvalue weighted by atomic mass is 32.2. The number of nitrogens with two attached hydrogens (primary N) is 1. The van der Waals surface area contributed by atoms with Crippen molar-refractivity contribution in [2.75, 3.05) is 57.4 Å². The van der Waals surface area contributed by atoms with Crippen LogP contribution in [0.25, 0.3) is 32.5 Å². The van der Waals surface area contributed by atoms with Crippen LogP contribution >= 0.6 is 11.3 Å². The molecule has 71 heavy (non-hydrogen) atoms. The maximum atomic E-state index is 14.2. The second kappa shape index (κ2) is 21.0. The minimum atomic E-state index is -3.58. The number of hydrogen-bond acceptors (Lipinski definition) is 13. The van der Waals surface area contributed by atoms with Crippen molar-refractivity contribution >= 4 is 61.4 Å². The van der Waals surface area contributed by atoms with Crippen LogP contribution in [-0.2, 0) is 56.5 Å². The third-order valence-corrected chi connectivity index (χ3v) is 15.8. The molecule has 380 valence electrons. The number of aliphatic hydroxyl groups is 1. The number of H-pyrrole nitrogens is 1. The van der Waals surface area contributed by atoms with Crippen LogP contribution in [0.2, 0.25) is 0 Å². The number of likely N-dealkylation sites (tertiary alicyclic amines) is 1. The van der Waals surface area contributed by atoms with Gasteiger partial charge in [0, 0.05) is 106 Å². The molecular formula is C51H66N10O8S2. The van der Waals surface area contributed by atoms with Crippen molar-refractivity contribution in [1.29, 1.82) is 0 Å². The number of nitrogens with one attached hydrogen (secondary N) is 4. The summed E-state index contributed by atoms with van der Waals surface area (Å²) >= 11 is 1.57. The van der Waals surface area contributed by atoms with Crippen LogP contribution in [0.15, 0.2) is 53.0 Å². The Morgan fingerprint density at radius 1 is 1.03 bits per heavy atom. The van der Waals surface area contributed by atoms with E-state index in [4.69, 9.17) is 5.73 Å². The van der Waals surface area contributed by atoms with Gasteiger partial charge in [0.1, 0.15) is 17.6 Å². The first-order valence-corrected chi connectivity index (χ1v) is 27.2. The zero-order valence-corrected chi connectivity index (χ0v) is 43.0. The zero-order valence-electron chi connectivity index (χ0n) is 41.4. The van der Waals surface area contributed by atoms with E-state index in [0.29, 0.717) is 49.2 Å². The maximum absolute atomic E-state index is 14.2. The number of fused-ring (bicyclic) bond motifs is 2. The van der Waals surface area contributed by atoms with Crippen LogP contribution in [0.3, 0.4) is 0 Å². The van der Waals surface area contributed by atoms with Crippen molar-refractivity contribution in [3.8, 4) is 21.6 Å². The first kappa shape index (κ1) is 51.4. The predicted molar refractivity (Wildman–Crippen MR) is 275 cm³/mol. The average molecular weight is 1010 g/mol. The van der Waals surface area contributed by atoms with Crippen molar-refractivity contribution in [3.63, 3.8) is 0 Å². The molecule has 0 aliphatic carbocycles. The van der Waals surface area contributed by atoms with Crippen LogP contribution in [0.4, 0.5) is 5.69 Å². The fourth-order valence-corrected chi connectivity index (χ4v) is 11.9. The van der Waals surface area contributed by atoms with E-state index in [1.165, 1.54) is 9.47 Å². The highest BCUT2D eigenvalue weighted by Crippen LogP contribution is 2.43. The molecule has 0 saturated carbocycles. The van der Waals surface area contributed by atoms with E-state index in [9.17, 15) is 37.5 Å². The third-order valence-electron chi connectivity index (χ3n) is 14.0. The maximum Gasteiger partial charge on any atom is 0.274 e. The number of aryl methyl sites for hydroxylation is 2. The summed E-state index contributed by atoms with van der Waals surface area (Å²) in [5.41, 5.74) is 14.6. The van der Waals surface area contributed by atoms with Crippen LogP contribution in [0, 0.1) is 12.3 Å². The number of anilines is 1. The number of β-amino-alcohol motifs (C(OH)–C–C–N with tert-alkyl or cyclic N) is 1. The van der Waals surface area contributed by atoms with Gasteiger partial charge in [-0.3, -0.25) is 28.9 Å². The Morgan fingerprint density at radius 3 is 2.41 bits per heavy atom. The van der Waals surface area contributed by atoms with Gasteiger partial charge in [-0.25, -0.2) is 13.4 Å². The topological polar surface area (TPSA) is 245 Å². The lowest BCUT2D eigenvalue weighted by Gasteiger charge is -2.37. The number of sulfone groups is 1. The third kappa shape index (κ3) is 11.6. The van der Waals surface area contributed by atoms with Crippen LogP contribution in [0.1, 0.15) is 84.8 Å². The summed E-state index contributed by atoms with van der Waals surface area (Å²) in [7, 11) is -1.90. The number of carbonyl (C=O) groups excluding carboxylic acids is 4. The molecule has 0 unspecified atom stereocenters. The predicted octanol–water partition coefficient (Wildman–Crippen LogP) is 3.67. The fraction of sp³-hybridized carbons (Fsp3) is 0.490. The summed E-state index contributed by atoms with van der Waals surface area (Å²) in [6.07, 6.45) is 6.83. The van der Waals surface area contributed by atoms with E-state index in [0.717, 1.165) is 88.1 Å². The zero-order chi connectivity index (χ0) is 50.9. The molecule has 3 aliphatic heterocycles. The van der Waals surface area contributed by atoms with Crippen molar-refractivity contribution < 1.29 is 32.7 Å². The number of unbranched alkanes of at least 4 members (excludes halogenated alkanes) is 2. The van der Waals surface area contributed by atoms with Gasteiger partial charge in [0.2, 0.25) is 23.6 Å². The van der Waals surface area contributed by atoms with Crippen molar-refractivity contribution in [2.24, 2.45) is 18.2 Å². The molecule has 4 amide bonds. The van der Waals surface area contributed by atoms with Crippen molar-refractivity contribution in [1.82, 2.24) is 39.9 Å². The number of primary amides is 1. The van der Waals surface area contributed by atoms with Gasteiger partial charge in [-0.05, 0) is 72.0 Å². The van der Waals surface area contributed by atoms with Crippen molar-refractivity contribution in [3.05, 3.63) is 92.1 Å². The number of amides is 4. The molecule has 0 bridgehead atoms. The van der Waals surface area contributed by atoms with E-state index >= 15 is 0 Å². The van der Waals surface area contributed by atoms with Gasteiger partial charge in [-0.15, -0.1) is 11.3 Å². The smallest absolute Gasteiger partial charge is 0.274 e. The molecule has 2 fully saturated rings. The van der Waals surface area contributed by atoms with Gasteiger partial charge in [-0.1, -0.05) is 51.5 Å². The minimum Gasteiger partial charge on any atom is -0.391 e. The standard InChI is InChI=1S/C51H66N10O8S2/c1-30-45(70-29-56-30)32-13-11-31(12-14-32)22-55-48(65)40-20-34(62)25-61(40)50(67)46(51(2,3)4)57-41(63)27-60-18-16-59(17-19-60)15-9-7-8-10-35-38(28-71(6,68)69)36(47(52)64)21-39-43(35)37-26-58(5)49(66)44-42(37)33(23-53-39)24-54-44/h11-14,21,24,26,29,34,40,46,53-54,62H,7-10,15-20,22-23,25,27-28H2,1-6H3,(H2,52,64)(H,55,65)(H,57,63)/t34-,40+,46-/m1/s1. The molecule has 7 N–H and O–H groups in total. The lowest BCUT2D eigenvalue weighted by atomic mass is 9.85. The quantitative estimate of drug-likeness (QED) is 0.0732. The Bertz CT molecular complexity index is 3000. The molecule has 2 saturated heterocycles. The largest absolute Gasteiger partial charge is 0.391 e. The molecule has 8 rings (SSSR count). The number of nitrogens with zero attached hydrogens (tertiary/aromatic N) is 5. The van der Waals surface area contributed by atoms with E-state index < -0.39 is 45.3 Å². The molecular weight excluding hydrogens is 945 g/mol. The van der Waals surface area contributed by atoms with Crippen LogP contribution in [-0.4, -0.2) is 137 Å². The van der Waals surface area contributed by atoms with Gasteiger partial charge in [0.05, 0.1) is 34.5 Å². The van der Waals surface area contributed by atoms with Gasteiger partial charge >= 0.3 is 0 Å². The first-order chi connectivity index (χ1) is 33.7. The number of benzene rings is 2. The number of hydrogen-bond donors (Lipinski definition) is 6. The number of aromatic amines is 1. The Labute approximate surface area is 418 Å². The highest BCUT2D eigenvalue weighted by molar-refractivity contribution is 7.89. The molecule has 2 aromatic carbocycles. The van der Waals surface area contributed by atoms with E-state index in [-0.39, 0.29) is 54.7 Å². The summed E-state index contributed by atoms with van der Waals surface area (Å²) in [5, 5.41) is 20.8. The number of carbonyl (C=O) groups is 4. The molecule has 3 aliphatic rings. The highest BCUT2D eigenvalue weighted by Gasteiger charge is 2.44. The second-order valence-corrected chi connectivity index (χ2v) is 23.5. The Hall–Kier alpha value is -5.93. The minimum absolute atomic E-state index is 0.00860. The summed E-state index contributed by atoms with van der Waals surface area (Å²) in [6.45, 7) is 11.9. The molecule has 0 spiro atoms. The summed E-state index contributed by atoms with van der Waals surface area (Å²) in [5.74, 6) is -2.13. The number of aliphatic hydroxyl groups excluding tert-OH is 1. The monoisotopic (exact) mass is 1010 g/mol.